The zero-order valence-electron chi connectivity index (χ0n) is 20.2. The summed E-state index contributed by atoms with van der Waals surface area (Å²) in [6, 6.07) is 12.3. The number of amides is 3. The van der Waals surface area contributed by atoms with E-state index in [2.05, 4.69) is 10.00 Å². The summed E-state index contributed by atoms with van der Waals surface area (Å²) < 4.78 is 16.0. The van der Waals surface area contributed by atoms with Crippen LogP contribution in [0.5, 0.6) is 0 Å². The summed E-state index contributed by atoms with van der Waals surface area (Å²) in [5.41, 5.74) is 1.83. The molecule has 1 aromatic heterocycles. The van der Waals surface area contributed by atoms with Gasteiger partial charge in [-0.15, -0.1) is 0 Å². The molecule has 186 valence electrons. The van der Waals surface area contributed by atoms with Crippen molar-refractivity contribution in [2.75, 3.05) is 31.1 Å². The Labute approximate surface area is 209 Å². The third kappa shape index (κ3) is 3.49. The van der Waals surface area contributed by atoms with Gasteiger partial charge in [0.15, 0.2) is 0 Å². The topological polar surface area (TPSA) is 61.7 Å². The van der Waals surface area contributed by atoms with E-state index < -0.39 is 0 Å². The predicted molar refractivity (Wildman–Crippen MR) is 134 cm³/mol. The molecule has 0 N–H and O–H groups in total. The first-order valence-corrected chi connectivity index (χ1v) is 13.1. The summed E-state index contributed by atoms with van der Waals surface area (Å²) in [6.45, 7) is 2.01. The van der Waals surface area contributed by atoms with Gasteiger partial charge in [-0.3, -0.25) is 9.69 Å². The van der Waals surface area contributed by atoms with Crippen molar-refractivity contribution < 1.29 is 14.0 Å². The van der Waals surface area contributed by atoms with E-state index in [0.29, 0.717) is 30.7 Å². The molecular formula is C28H30FN5O2. The number of halogens is 1. The molecule has 4 heterocycles. The molecule has 8 heteroatoms. The van der Waals surface area contributed by atoms with Gasteiger partial charge in [0.25, 0.3) is 0 Å². The molecule has 5 fully saturated rings. The largest absolute Gasteiger partial charge is 0.338 e. The quantitative estimate of drug-likeness (QED) is 0.547. The smallest absolute Gasteiger partial charge is 0.325 e. The van der Waals surface area contributed by atoms with Gasteiger partial charge in [-0.1, -0.05) is 18.2 Å². The van der Waals surface area contributed by atoms with Crippen molar-refractivity contribution in [2.24, 2.45) is 17.8 Å². The van der Waals surface area contributed by atoms with Crippen LogP contribution in [0.25, 0.3) is 16.6 Å². The number of rotatable bonds is 4. The van der Waals surface area contributed by atoms with Gasteiger partial charge < -0.3 is 9.80 Å². The average molecular weight is 488 g/mol. The summed E-state index contributed by atoms with van der Waals surface area (Å²) in [7, 11) is 0. The van der Waals surface area contributed by atoms with Gasteiger partial charge >= 0.3 is 6.03 Å². The molecule has 7 nitrogen and oxygen atoms in total. The second-order valence-corrected chi connectivity index (χ2v) is 11.1. The number of anilines is 1. The zero-order chi connectivity index (χ0) is 24.4. The van der Waals surface area contributed by atoms with Crippen LogP contribution in [0.3, 0.4) is 0 Å². The predicted octanol–water partition coefficient (Wildman–Crippen LogP) is 4.44. The zero-order valence-corrected chi connectivity index (χ0v) is 20.2. The fraction of sp³-hybridized carbons (Fsp3) is 0.464. The summed E-state index contributed by atoms with van der Waals surface area (Å²) in [4.78, 5) is 32.4. The van der Waals surface area contributed by atoms with E-state index in [4.69, 9.17) is 0 Å². The molecule has 3 saturated heterocycles. The monoisotopic (exact) mass is 487 g/mol. The summed E-state index contributed by atoms with van der Waals surface area (Å²) >= 11 is 0. The van der Waals surface area contributed by atoms with E-state index >= 15 is 0 Å². The number of hydrogen-bond donors (Lipinski definition) is 0. The number of fused-ring (bicyclic) bond motifs is 2. The number of urea groups is 1. The Morgan fingerprint density at radius 2 is 1.67 bits per heavy atom. The van der Waals surface area contributed by atoms with Gasteiger partial charge in [0.2, 0.25) is 5.91 Å². The lowest BCUT2D eigenvalue weighted by Gasteiger charge is -2.39. The maximum absolute atomic E-state index is 14.4. The number of aromatic nitrogens is 2. The van der Waals surface area contributed by atoms with Crippen LogP contribution < -0.4 is 4.90 Å². The van der Waals surface area contributed by atoms with Crippen molar-refractivity contribution in [1.29, 1.82) is 0 Å². The second-order valence-electron chi connectivity index (χ2n) is 11.1. The fourth-order valence-electron chi connectivity index (χ4n) is 7.38. The summed E-state index contributed by atoms with van der Waals surface area (Å²) in [5, 5.41) is 5.21. The van der Waals surface area contributed by atoms with Gasteiger partial charge in [-0.2, -0.15) is 5.10 Å². The van der Waals surface area contributed by atoms with E-state index in [0.717, 1.165) is 47.8 Å². The van der Waals surface area contributed by atoms with Crippen LogP contribution in [-0.2, 0) is 4.79 Å². The van der Waals surface area contributed by atoms with Crippen molar-refractivity contribution in [3.8, 4) is 5.69 Å². The summed E-state index contributed by atoms with van der Waals surface area (Å²) in [6.07, 6.45) is 7.81. The Hall–Kier alpha value is -3.42. The van der Waals surface area contributed by atoms with E-state index in [1.165, 1.54) is 25.3 Å². The number of hydrogen-bond acceptors (Lipinski definition) is 3. The average Bonchev–Trinajstić information content (AvgIpc) is 3.39. The number of carbonyl (C=O) groups is 2. The van der Waals surface area contributed by atoms with Gasteiger partial charge in [-0.05, 0) is 74.1 Å². The Kier molecular flexibility index (Phi) is 5.04. The Morgan fingerprint density at radius 3 is 2.47 bits per heavy atom. The lowest BCUT2D eigenvalue weighted by Crippen LogP contribution is -2.47. The molecule has 36 heavy (non-hydrogen) atoms. The van der Waals surface area contributed by atoms with Crippen LogP contribution in [0.15, 0.2) is 48.7 Å². The highest BCUT2D eigenvalue weighted by molar-refractivity contribution is 6.04. The molecule has 0 unspecified atom stereocenters. The maximum atomic E-state index is 14.4. The van der Waals surface area contributed by atoms with Gasteiger partial charge in [0.05, 0.1) is 17.4 Å². The molecule has 3 aromatic rings. The van der Waals surface area contributed by atoms with Gasteiger partial charge in [-0.25, -0.2) is 13.9 Å². The highest BCUT2D eigenvalue weighted by Crippen LogP contribution is 2.47. The van der Waals surface area contributed by atoms with Crippen LogP contribution in [0.4, 0.5) is 14.9 Å². The molecule has 0 radical (unpaired) electrons. The highest BCUT2D eigenvalue weighted by atomic mass is 19.1. The normalized spacial score (nSPS) is 27.4. The molecule has 0 spiro atoms. The van der Waals surface area contributed by atoms with Crippen LogP contribution in [0, 0.1) is 23.6 Å². The van der Waals surface area contributed by atoms with E-state index in [9.17, 15) is 14.0 Å². The molecule has 2 aliphatic carbocycles. The van der Waals surface area contributed by atoms with Crippen LogP contribution in [0.1, 0.15) is 32.1 Å². The summed E-state index contributed by atoms with van der Waals surface area (Å²) in [5.74, 6) is 1.92. The molecule has 4 bridgehead atoms. The van der Waals surface area contributed by atoms with Crippen molar-refractivity contribution in [1.82, 2.24) is 19.6 Å². The van der Waals surface area contributed by atoms with Crippen LogP contribution in [-0.4, -0.2) is 63.7 Å². The molecule has 4 atom stereocenters. The minimum absolute atomic E-state index is 0.0916. The number of benzene rings is 2. The first-order valence-electron chi connectivity index (χ1n) is 13.1. The molecular weight excluding hydrogens is 457 g/mol. The van der Waals surface area contributed by atoms with Crippen molar-refractivity contribution in [3.05, 3.63) is 54.5 Å². The molecule has 3 aliphatic heterocycles. The lowest BCUT2D eigenvalue weighted by atomic mass is 9.68. The molecule has 2 aromatic carbocycles. The Morgan fingerprint density at radius 1 is 0.917 bits per heavy atom. The second kappa shape index (κ2) is 8.32. The lowest BCUT2D eigenvalue weighted by molar-refractivity contribution is -0.134. The number of para-hydroxylation sites is 1. The SMILES string of the molecule is O=C1N(CC(=O)N2C[C@@H]3C[C@H]4C[C@@H](C3)C[C@H]2C4)CCN1c1cccc2c1cnn2-c1ccccc1F. The molecule has 3 amide bonds. The maximum Gasteiger partial charge on any atom is 0.325 e. The Bertz CT molecular complexity index is 1340. The van der Waals surface area contributed by atoms with E-state index in [1.807, 2.05) is 18.2 Å². The number of carbonyl (C=O) groups excluding carboxylic acids is 2. The van der Waals surface area contributed by atoms with Crippen molar-refractivity contribution in [2.45, 2.75) is 38.1 Å². The highest BCUT2D eigenvalue weighted by Gasteiger charge is 2.44. The van der Waals surface area contributed by atoms with Gasteiger partial charge in [0, 0.05) is 31.1 Å². The fourth-order valence-corrected chi connectivity index (χ4v) is 7.38. The van der Waals surface area contributed by atoms with Crippen molar-refractivity contribution >= 4 is 28.5 Å². The molecule has 2 saturated carbocycles. The number of nitrogens with zero attached hydrogens (tertiary/aromatic N) is 5. The standard InChI is InChI=1S/C28H30FN5O2/c29-23-4-1-2-5-26(23)34-25-7-3-6-24(22(25)15-30-34)32-9-8-31(28(32)36)17-27(35)33-16-20-11-18-10-19(12-20)14-21(33)13-18/h1-7,15,18-21H,8-14,16-17H2/t18-,19+,20-,21-. The molecule has 5 aliphatic rings. The van der Waals surface area contributed by atoms with Crippen LogP contribution in [0.2, 0.25) is 0 Å². The van der Waals surface area contributed by atoms with Gasteiger partial charge in [0.1, 0.15) is 18.0 Å². The van der Waals surface area contributed by atoms with E-state index in [-0.39, 0.29) is 24.3 Å². The third-order valence-corrected chi connectivity index (χ3v) is 8.81. The van der Waals surface area contributed by atoms with E-state index in [1.54, 1.807) is 38.9 Å². The minimum atomic E-state index is -0.356. The third-order valence-electron chi connectivity index (χ3n) is 8.81. The minimum Gasteiger partial charge on any atom is -0.338 e. The molecule has 8 rings (SSSR count). The van der Waals surface area contributed by atoms with Crippen LogP contribution >= 0.6 is 0 Å². The first kappa shape index (κ1) is 21.8. The first-order chi connectivity index (χ1) is 17.5. The van der Waals surface area contributed by atoms with Crippen molar-refractivity contribution in [3.63, 3.8) is 0 Å². The Balaban J connectivity index is 1.11.